The molecule has 1 amide bonds. The molecule has 2 aliphatic heterocycles. The molecule has 0 radical (unpaired) electrons. The van der Waals surface area contributed by atoms with Crippen LogP contribution < -0.4 is 15.1 Å². The Morgan fingerprint density at radius 1 is 1.15 bits per heavy atom. The Morgan fingerprint density at radius 2 is 1.97 bits per heavy atom. The van der Waals surface area contributed by atoms with Crippen LogP contribution in [-0.2, 0) is 20.8 Å². The normalized spacial score (nSPS) is 27.2. The number of pyridine rings is 1. The maximum absolute atomic E-state index is 14.1. The molecule has 7 heteroatoms. The van der Waals surface area contributed by atoms with Crippen molar-refractivity contribution in [3.63, 3.8) is 0 Å². The monoisotopic (exact) mass is 450 g/mol. The molecule has 176 valence electrons. The molecule has 1 aliphatic carbocycles. The molecular weight excluding hydrogens is 416 g/mol. The second kappa shape index (κ2) is 9.31. The van der Waals surface area contributed by atoms with E-state index in [0.717, 1.165) is 67.6 Å². The van der Waals surface area contributed by atoms with Crippen LogP contribution in [0.2, 0.25) is 0 Å². The molecule has 1 N–H and O–H groups in total. The number of morpholine rings is 1. The van der Waals surface area contributed by atoms with Crippen molar-refractivity contribution in [1.82, 2.24) is 4.98 Å². The molecule has 0 spiro atoms. The van der Waals surface area contributed by atoms with Gasteiger partial charge in [-0.3, -0.25) is 4.79 Å². The summed E-state index contributed by atoms with van der Waals surface area (Å²) in [6, 6.07) is 10.4. The number of rotatable bonds is 3. The van der Waals surface area contributed by atoms with E-state index in [0.29, 0.717) is 12.5 Å². The van der Waals surface area contributed by atoms with Gasteiger partial charge < -0.3 is 24.6 Å². The number of nitrogens with one attached hydrogen (secondary N) is 1. The zero-order chi connectivity index (χ0) is 22.9. The lowest BCUT2D eigenvalue weighted by molar-refractivity contribution is -0.128. The first-order valence-corrected chi connectivity index (χ1v) is 12.1. The van der Waals surface area contributed by atoms with Crippen LogP contribution in [0.5, 0.6) is 0 Å². The first-order valence-electron chi connectivity index (χ1n) is 12.1. The number of carbonyl (C=O) groups excluding carboxylic acids is 1. The van der Waals surface area contributed by atoms with E-state index in [4.69, 9.17) is 9.47 Å². The highest BCUT2D eigenvalue weighted by Gasteiger charge is 2.40. The molecule has 4 atom stereocenters. The van der Waals surface area contributed by atoms with Gasteiger partial charge in [-0.15, -0.1) is 0 Å². The number of ether oxygens (including phenoxy) is 2. The van der Waals surface area contributed by atoms with Crippen LogP contribution in [0.15, 0.2) is 36.5 Å². The van der Waals surface area contributed by atoms with Crippen molar-refractivity contribution < 1.29 is 14.3 Å². The number of anilines is 4. The molecule has 3 heterocycles. The maximum Gasteiger partial charge on any atom is 0.230 e. The summed E-state index contributed by atoms with van der Waals surface area (Å²) in [5.74, 6) is 1.59. The van der Waals surface area contributed by atoms with Gasteiger partial charge in [0.1, 0.15) is 5.82 Å². The third-order valence-corrected chi connectivity index (χ3v) is 7.82. The third kappa shape index (κ3) is 4.20. The van der Waals surface area contributed by atoms with Crippen LogP contribution in [0.3, 0.4) is 0 Å². The number of aromatic nitrogens is 1. The van der Waals surface area contributed by atoms with Gasteiger partial charge in [-0.05, 0) is 48.9 Å². The van der Waals surface area contributed by atoms with Gasteiger partial charge in [0.25, 0.3) is 0 Å². The predicted octanol–water partition coefficient (Wildman–Crippen LogP) is 4.21. The Kier molecular flexibility index (Phi) is 6.25. The van der Waals surface area contributed by atoms with E-state index in [1.807, 2.05) is 11.0 Å². The first kappa shape index (κ1) is 22.2. The molecule has 1 saturated carbocycles. The van der Waals surface area contributed by atoms with Gasteiger partial charge in [0.05, 0.1) is 37.2 Å². The van der Waals surface area contributed by atoms with Crippen LogP contribution in [0.25, 0.3) is 0 Å². The number of amides is 1. The van der Waals surface area contributed by atoms with Crippen LogP contribution in [0, 0.1) is 17.8 Å². The molecule has 1 saturated heterocycles. The number of benzene rings is 1. The fourth-order valence-electron chi connectivity index (χ4n) is 5.58. The molecule has 1 aromatic carbocycles. The average Bonchev–Trinajstić information content (AvgIpc) is 3.02. The summed E-state index contributed by atoms with van der Waals surface area (Å²) in [5.41, 5.74) is 4.00. The smallest absolute Gasteiger partial charge is 0.230 e. The zero-order valence-electron chi connectivity index (χ0n) is 19.8. The Balaban J connectivity index is 1.52. The molecule has 0 bridgehead atoms. The van der Waals surface area contributed by atoms with E-state index in [2.05, 4.69) is 53.3 Å². The summed E-state index contributed by atoms with van der Waals surface area (Å²) >= 11 is 0. The van der Waals surface area contributed by atoms with E-state index >= 15 is 0 Å². The van der Waals surface area contributed by atoms with E-state index in [9.17, 15) is 4.79 Å². The van der Waals surface area contributed by atoms with E-state index in [1.54, 1.807) is 13.3 Å². The highest BCUT2D eigenvalue weighted by Crippen LogP contribution is 2.42. The lowest BCUT2D eigenvalue weighted by Gasteiger charge is -2.40. The topological polar surface area (TPSA) is 66.9 Å². The van der Waals surface area contributed by atoms with Crippen LogP contribution in [-0.4, -0.2) is 50.4 Å². The van der Waals surface area contributed by atoms with Crippen molar-refractivity contribution >= 4 is 28.8 Å². The SMILES string of the molecule is CO[C@@H]1CC[C@H](C(=O)N2Cc3cccnc3Nc3ccc(N4CCOCC4)cc32)[C@H](C)[C@@H]1C. The fraction of sp³-hybridized carbons (Fsp3) is 0.538. The Bertz CT molecular complexity index is 1010. The second-order valence-corrected chi connectivity index (χ2v) is 9.54. The highest BCUT2D eigenvalue weighted by atomic mass is 16.5. The minimum atomic E-state index is -0.0236. The Morgan fingerprint density at radius 3 is 2.76 bits per heavy atom. The van der Waals surface area contributed by atoms with Crippen molar-refractivity contribution in [1.29, 1.82) is 0 Å². The molecule has 2 fully saturated rings. The first-order chi connectivity index (χ1) is 16.1. The lowest BCUT2D eigenvalue weighted by Crippen LogP contribution is -2.45. The van der Waals surface area contributed by atoms with Crippen molar-refractivity contribution in [2.45, 2.75) is 39.3 Å². The molecule has 2 aromatic rings. The molecule has 5 rings (SSSR count). The predicted molar refractivity (Wildman–Crippen MR) is 130 cm³/mol. The summed E-state index contributed by atoms with van der Waals surface area (Å²) < 4.78 is 11.2. The largest absolute Gasteiger partial charge is 0.381 e. The summed E-state index contributed by atoms with van der Waals surface area (Å²) in [6.45, 7) is 8.10. The molecular formula is C26H34N4O3. The van der Waals surface area contributed by atoms with Crippen molar-refractivity contribution in [2.24, 2.45) is 17.8 Å². The van der Waals surface area contributed by atoms with Gasteiger partial charge in [-0.1, -0.05) is 19.9 Å². The standard InChI is InChI=1S/C26H34N4O3/c1-17-18(2)24(32-3)9-7-21(17)26(31)30-16-19-5-4-10-27-25(19)28-22-8-6-20(15-23(22)30)29-11-13-33-14-12-29/h4-6,8,10,15,17-18,21,24H,7,9,11-14,16H2,1-3H3,(H,27,28)/t17-,18+,21+,24-/m1/s1. The van der Waals surface area contributed by atoms with Crippen molar-refractivity contribution in [2.75, 3.05) is 48.5 Å². The number of fused-ring (bicyclic) bond motifs is 2. The van der Waals surface area contributed by atoms with E-state index in [1.165, 1.54) is 0 Å². The van der Waals surface area contributed by atoms with Crippen LogP contribution in [0.4, 0.5) is 22.9 Å². The minimum absolute atomic E-state index is 0.0236. The number of hydrogen-bond donors (Lipinski definition) is 1. The van der Waals surface area contributed by atoms with Crippen LogP contribution in [0.1, 0.15) is 32.3 Å². The number of methoxy groups -OCH3 is 1. The summed E-state index contributed by atoms with van der Waals surface area (Å²) in [5, 5.41) is 3.49. The van der Waals surface area contributed by atoms with Crippen LogP contribution >= 0.6 is 0 Å². The number of carbonyl (C=O) groups is 1. The van der Waals surface area contributed by atoms with Crippen molar-refractivity contribution in [3.8, 4) is 0 Å². The molecule has 1 aromatic heterocycles. The van der Waals surface area contributed by atoms with Gasteiger partial charge in [0, 0.05) is 43.6 Å². The third-order valence-electron chi connectivity index (χ3n) is 7.82. The summed E-state index contributed by atoms with van der Waals surface area (Å²) in [4.78, 5) is 23.0. The molecule has 33 heavy (non-hydrogen) atoms. The zero-order valence-corrected chi connectivity index (χ0v) is 19.8. The maximum atomic E-state index is 14.1. The van der Waals surface area contributed by atoms with E-state index < -0.39 is 0 Å². The number of nitrogens with zero attached hydrogens (tertiary/aromatic N) is 3. The van der Waals surface area contributed by atoms with Gasteiger partial charge >= 0.3 is 0 Å². The minimum Gasteiger partial charge on any atom is -0.381 e. The van der Waals surface area contributed by atoms with Gasteiger partial charge in [0.15, 0.2) is 0 Å². The summed E-state index contributed by atoms with van der Waals surface area (Å²) in [7, 11) is 1.78. The molecule has 3 aliphatic rings. The van der Waals surface area contributed by atoms with Crippen molar-refractivity contribution in [3.05, 3.63) is 42.1 Å². The second-order valence-electron chi connectivity index (χ2n) is 9.54. The Hall–Kier alpha value is -2.64. The average molecular weight is 451 g/mol. The van der Waals surface area contributed by atoms with Gasteiger partial charge in [0.2, 0.25) is 5.91 Å². The molecule has 0 unspecified atom stereocenters. The quantitative estimate of drug-likeness (QED) is 0.756. The van der Waals surface area contributed by atoms with Gasteiger partial charge in [-0.2, -0.15) is 0 Å². The Labute approximate surface area is 196 Å². The van der Waals surface area contributed by atoms with Gasteiger partial charge in [-0.25, -0.2) is 4.98 Å². The summed E-state index contributed by atoms with van der Waals surface area (Å²) in [6.07, 6.45) is 3.79. The fourth-order valence-corrected chi connectivity index (χ4v) is 5.58. The highest BCUT2D eigenvalue weighted by molar-refractivity contribution is 6.00. The molecule has 7 nitrogen and oxygen atoms in total. The lowest BCUT2D eigenvalue weighted by atomic mass is 9.71. The van der Waals surface area contributed by atoms with E-state index in [-0.39, 0.29) is 23.8 Å². The number of hydrogen-bond acceptors (Lipinski definition) is 6.